The number of rotatable bonds is 3. The number of carbonyl (C=O) groups excluding carboxylic acids is 1. The highest BCUT2D eigenvalue weighted by atomic mass is 16.3. The highest BCUT2D eigenvalue weighted by Crippen LogP contribution is 2.28. The summed E-state index contributed by atoms with van der Waals surface area (Å²) in [5.74, 6) is 0.588. The molecule has 0 radical (unpaired) electrons. The van der Waals surface area contributed by atoms with Crippen LogP contribution in [0.15, 0.2) is 0 Å². The van der Waals surface area contributed by atoms with E-state index in [0.717, 1.165) is 25.7 Å². The van der Waals surface area contributed by atoms with E-state index in [4.69, 9.17) is 5.11 Å². The molecule has 1 amide bonds. The van der Waals surface area contributed by atoms with Crippen molar-refractivity contribution in [3.8, 4) is 0 Å². The lowest BCUT2D eigenvalue weighted by Crippen LogP contribution is -2.52. The summed E-state index contributed by atoms with van der Waals surface area (Å²) in [5.41, 5.74) is 0. The van der Waals surface area contributed by atoms with E-state index in [1.54, 1.807) is 4.90 Å². The van der Waals surface area contributed by atoms with E-state index >= 15 is 0 Å². The van der Waals surface area contributed by atoms with Gasteiger partial charge in [-0.3, -0.25) is 4.79 Å². The maximum atomic E-state index is 11.8. The third kappa shape index (κ3) is 2.55. The quantitative estimate of drug-likeness (QED) is 0.732. The molecule has 2 rings (SSSR count). The van der Waals surface area contributed by atoms with Crippen LogP contribution >= 0.6 is 0 Å². The Hall–Kier alpha value is -0.610. The summed E-state index contributed by atoms with van der Waals surface area (Å²) in [6.45, 7) is 1.56. The van der Waals surface area contributed by atoms with Gasteiger partial charge in [-0.2, -0.15) is 0 Å². The van der Waals surface area contributed by atoms with Crippen molar-refractivity contribution in [1.29, 1.82) is 0 Å². The maximum Gasteiger partial charge on any atom is 0.222 e. The largest absolute Gasteiger partial charge is 0.396 e. The average molecular weight is 227 g/mol. The Labute approximate surface area is 96.3 Å². The van der Waals surface area contributed by atoms with Crippen molar-refractivity contribution in [1.82, 2.24) is 4.90 Å². The molecule has 0 bridgehead atoms. The van der Waals surface area contributed by atoms with Crippen LogP contribution in [0.4, 0.5) is 0 Å². The van der Waals surface area contributed by atoms with Crippen molar-refractivity contribution in [2.75, 3.05) is 19.7 Å². The molecule has 1 saturated carbocycles. The van der Waals surface area contributed by atoms with Crippen LogP contribution in [0.2, 0.25) is 0 Å². The van der Waals surface area contributed by atoms with Crippen molar-refractivity contribution in [3.63, 3.8) is 0 Å². The Morgan fingerprint density at radius 3 is 2.56 bits per heavy atom. The van der Waals surface area contributed by atoms with Gasteiger partial charge in [0.1, 0.15) is 0 Å². The second-order valence-electron chi connectivity index (χ2n) is 5.16. The Morgan fingerprint density at radius 1 is 1.25 bits per heavy atom. The fourth-order valence-corrected chi connectivity index (χ4v) is 2.67. The van der Waals surface area contributed by atoms with Gasteiger partial charge in [-0.15, -0.1) is 0 Å². The number of aliphatic hydroxyl groups excluding tert-OH is 2. The number of nitrogens with zero attached hydrogens (tertiary/aromatic N) is 1. The number of amides is 1. The summed E-state index contributed by atoms with van der Waals surface area (Å²) >= 11 is 0. The van der Waals surface area contributed by atoms with E-state index < -0.39 is 0 Å². The molecule has 2 atom stereocenters. The lowest BCUT2D eigenvalue weighted by atomic mass is 9.83. The number of hydrogen-bond acceptors (Lipinski definition) is 3. The Bertz CT molecular complexity index is 251. The average Bonchev–Trinajstić information content (AvgIpc) is 2.20. The summed E-state index contributed by atoms with van der Waals surface area (Å²) in [6.07, 6.45) is 4.24. The molecule has 2 fully saturated rings. The Kier molecular flexibility index (Phi) is 3.82. The highest BCUT2D eigenvalue weighted by molar-refractivity contribution is 5.77. The lowest BCUT2D eigenvalue weighted by Gasteiger charge is -2.39. The molecule has 2 aliphatic rings. The minimum absolute atomic E-state index is 0.149. The molecule has 1 aliphatic carbocycles. The molecule has 1 aliphatic heterocycles. The molecule has 1 saturated heterocycles. The third-order valence-electron chi connectivity index (χ3n) is 3.87. The van der Waals surface area contributed by atoms with E-state index in [0.29, 0.717) is 19.5 Å². The van der Waals surface area contributed by atoms with E-state index in [-0.39, 0.29) is 30.5 Å². The minimum atomic E-state index is -0.285. The van der Waals surface area contributed by atoms with Crippen LogP contribution in [0.1, 0.15) is 32.1 Å². The van der Waals surface area contributed by atoms with E-state index in [9.17, 15) is 9.90 Å². The molecule has 0 aromatic rings. The fourth-order valence-electron chi connectivity index (χ4n) is 2.67. The van der Waals surface area contributed by atoms with E-state index in [1.807, 2.05) is 0 Å². The summed E-state index contributed by atoms with van der Waals surface area (Å²) in [4.78, 5) is 13.6. The van der Waals surface area contributed by atoms with Crippen LogP contribution < -0.4 is 0 Å². The summed E-state index contributed by atoms with van der Waals surface area (Å²) in [7, 11) is 0. The van der Waals surface area contributed by atoms with Gasteiger partial charge in [0.25, 0.3) is 0 Å². The highest BCUT2D eigenvalue weighted by Gasteiger charge is 2.33. The molecule has 1 heterocycles. The number of aliphatic hydroxyl groups is 2. The van der Waals surface area contributed by atoms with Gasteiger partial charge in [0, 0.05) is 32.0 Å². The van der Waals surface area contributed by atoms with Crippen LogP contribution in [-0.4, -0.2) is 46.8 Å². The second-order valence-corrected chi connectivity index (χ2v) is 5.16. The molecule has 4 heteroatoms. The maximum absolute atomic E-state index is 11.8. The molecule has 0 aromatic heterocycles. The van der Waals surface area contributed by atoms with Gasteiger partial charge in [0.05, 0.1) is 6.10 Å². The summed E-state index contributed by atoms with van der Waals surface area (Å²) < 4.78 is 0. The molecule has 4 nitrogen and oxygen atoms in total. The first-order valence-corrected chi connectivity index (χ1v) is 6.27. The Balaban J connectivity index is 1.74. The van der Waals surface area contributed by atoms with Gasteiger partial charge in [-0.1, -0.05) is 12.8 Å². The van der Waals surface area contributed by atoms with Crippen LogP contribution in [-0.2, 0) is 4.79 Å². The normalized spacial score (nSPS) is 31.2. The minimum Gasteiger partial charge on any atom is -0.396 e. The second kappa shape index (κ2) is 5.15. The van der Waals surface area contributed by atoms with E-state index in [2.05, 4.69) is 0 Å². The molecule has 16 heavy (non-hydrogen) atoms. The molecular formula is C12H21NO3. The molecule has 2 N–H and O–H groups in total. The molecule has 0 spiro atoms. The van der Waals surface area contributed by atoms with Gasteiger partial charge in [-0.05, 0) is 18.8 Å². The predicted octanol–water partition coefficient (Wildman–Crippen LogP) is 0.378. The zero-order valence-electron chi connectivity index (χ0n) is 9.64. The molecule has 0 unspecified atom stereocenters. The number of likely N-dealkylation sites (tertiary alicyclic amines) is 1. The van der Waals surface area contributed by atoms with Gasteiger partial charge in [0.2, 0.25) is 5.91 Å². The molecule has 92 valence electrons. The van der Waals surface area contributed by atoms with Gasteiger partial charge < -0.3 is 15.1 Å². The van der Waals surface area contributed by atoms with Crippen LogP contribution in [0.5, 0.6) is 0 Å². The number of hydrogen-bond donors (Lipinski definition) is 2. The van der Waals surface area contributed by atoms with Crippen LogP contribution in [0.25, 0.3) is 0 Å². The van der Waals surface area contributed by atoms with Crippen molar-refractivity contribution in [2.45, 2.75) is 38.2 Å². The first-order valence-electron chi connectivity index (χ1n) is 6.27. The lowest BCUT2D eigenvalue weighted by molar-refractivity contribution is -0.140. The standard InChI is InChI=1S/C12H21NO3/c14-8-9-6-13(7-9)12(16)5-10-3-1-2-4-11(10)15/h9-11,14-15H,1-8H2/t10-,11+/m0/s1. The van der Waals surface area contributed by atoms with Crippen molar-refractivity contribution in [2.24, 2.45) is 11.8 Å². The monoisotopic (exact) mass is 227 g/mol. The zero-order chi connectivity index (χ0) is 11.5. The fraction of sp³-hybridized carbons (Fsp3) is 0.917. The SMILES string of the molecule is O=C(C[C@@H]1CCCC[C@H]1O)N1CC(CO)C1. The number of carbonyl (C=O) groups is 1. The predicted molar refractivity (Wildman–Crippen MR) is 59.7 cm³/mol. The van der Waals surface area contributed by atoms with Crippen molar-refractivity contribution < 1.29 is 15.0 Å². The molecular weight excluding hydrogens is 206 g/mol. The zero-order valence-corrected chi connectivity index (χ0v) is 9.64. The van der Waals surface area contributed by atoms with Crippen molar-refractivity contribution >= 4 is 5.91 Å². The summed E-state index contributed by atoms with van der Waals surface area (Å²) in [5, 5.41) is 18.6. The first kappa shape index (κ1) is 11.9. The van der Waals surface area contributed by atoms with Gasteiger partial charge >= 0.3 is 0 Å². The first-order chi connectivity index (χ1) is 7.70. The van der Waals surface area contributed by atoms with Crippen LogP contribution in [0, 0.1) is 11.8 Å². The van der Waals surface area contributed by atoms with Gasteiger partial charge in [-0.25, -0.2) is 0 Å². The topological polar surface area (TPSA) is 60.8 Å². The van der Waals surface area contributed by atoms with E-state index in [1.165, 1.54) is 0 Å². The van der Waals surface area contributed by atoms with Crippen LogP contribution in [0.3, 0.4) is 0 Å². The Morgan fingerprint density at radius 2 is 1.94 bits per heavy atom. The smallest absolute Gasteiger partial charge is 0.222 e. The summed E-state index contributed by atoms with van der Waals surface area (Å²) in [6, 6.07) is 0. The van der Waals surface area contributed by atoms with Gasteiger partial charge in [0.15, 0.2) is 0 Å². The molecule has 0 aromatic carbocycles. The third-order valence-corrected chi connectivity index (χ3v) is 3.87. The van der Waals surface area contributed by atoms with Crippen molar-refractivity contribution in [3.05, 3.63) is 0 Å².